The summed E-state index contributed by atoms with van der Waals surface area (Å²) in [6.45, 7) is 6.72. The van der Waals surface area contributed by atoms with Crippen LogP contribution in [0.4, 0.5) is 33.5 Å². The molecule has 1 aromatic carbocycles. The van der Waals surface area contributed by atoms with Crippen molar-refractivity contribution in [3.63, 3.8) is 0 Å². The Hall–Kier alpha value is -3.51. The number of ether oxygens (including phenoxy) is 1. The minimum absolute atomic E-state index is 0.0650. The molecule has 0 unspecified atom stereocenters. The molecule has 1 fully saturated rings. The molecule has 1 saturated heterocycles. The second-order valence-corrected chi connectivity index (χ2v) is 8.15. The zero-order chi connectivity index (χ0) is 23.4. The Kier molecular flexibility index (Phi) is 6.84. The molecule has 12 heteroatoms. The van der Waals surface area contributed by atoms with Gasteiger partial charge in [-0.25, -0.2) is 14.4 Å². The molecule has 1 aliphatic heterocycles. The van der Waals surface area contributed by atoms with Gasteiger partial charge in [-0.05, 0) is 30.5 Å². The van der Waals surface area contributed by atoms with Crippen molar-refractivity contribution in [1.82, 2.24) is 24.7 Å². The van der Waals surface area contributed by atoms with Gasteiger partial charge < -0.3 is 31.1 Å². The lowest BCUT2D eigenvalue weighted by molar-refractivity contribution is 0.122. The average molecular weight is 458 g/mol. The quantitative estimate of drug-likeness (QED) is 0.372. The lowest BCUT2D eigenvalue weighted by atomic mass is 10.1. The van der Waals surface area contributed by atoms with E-state index in [0.29, 0.717) is 37.2 Å². The van der Waals surface area contributed by atoms with E-state index in [0.717, 1.165) is 18.8 Å². The van der Waals surface area contributed by atoms with Gasteiger partial charge in [0.25, 0.3) is 0 Å². The van der Waals surface area contributed by atoms with Gasteiger partial charge in [0.15, 0.2) is 5.82 Å². The number of hydrogen-bond donors (Lipinski definition) is 4. The van der Waals surface area contributed by atoms with Gasteiger partial charge in [-0.3, -0.25) is 0 Å². The van der Waals surface area contributed by atoms with Crippen LogP contribution in [0, 0.1) is 11.7 Å². The topological polar surface area (TPSA) is 139 Å². The van der Waals surface area contributed by atoms with Gasteiger partial charge in [0.05, 0.1) is 18.9 Å². The molecular weight excluding hydrogens is 429 g/mol. The zero-order valence-electron chi connectivity index (χ0n) is 18.6. The van der Waals surface area contributed by atoms with E-state index in [2.05, 4.69) is 35.6 Å². The van der Waals surface area contributed by atoms with E-state index >= 15 is 0 Å². The fourth-order valence-electron chi connectivity index (χ4n) is 3.51. The number of nitrogen functional groups attached to an aromatic ring is 1. The molecule has 2 aromatic heterocycles. The first-order chi connectivity index (χ1) is 15.9. The van der Waals surface area contributed by atoms with Gasteiger partial charge in [-0.15, -0.1) is 5.10 Å². The van der Waals surface area contributed by atoms with Gasteiger partial charge >= 0.3 is 0 Å². The minimum atomic E-state index is -0.749. The number of benzene rings is 1. The summed E-state index contributed by atoms with van der Waals surface area (Å²) in [5.74, 6) is 0.847. The highest BCUT2D eigenvalue weighted by molar-refractivity contribution is 5.61. The van der Waals surface area contributed by atoms with Crippen molar-refractivity contribution in [3.05, 3.63) is 36.4 Å². The van der Waals surface area contributed by atoms with Crippen LogP contribution >= 0.6 is 0 Å². The van der Waals surface area contributed by atoms with Crippen LogP contribution in [0.2, 0.25) is 0 Å². The highest BCUT2D eigenvalue weighted by atomic mass is 19.1. The maximum absolute atomic E-state index is 14.7. The Morgan fingerprint density at radius 3 is 2.73 bits per heavy atom. The molecule has 0 aliphatic carbocycles. The predicted molar refractivity (Wildman–Crippen MR) is 123 cm³/mol. The fraction of sp³-hybridized carbons (Fsp3) is 0.429. The van der Waals surface area contributed by atoms with Crippen LogP contribution in [0.25, 0.3) is 5.82 Å². The summed E-state index contributed by atoms with van der Waals surface area (Å²) >= 11 is 0. The van der Waals surface area contributed by atoms with Gasteiger partial charge in [0.2, 0.25) is 11.9 Å². The molecule has 0 amide bonds. The molecule has 33 heavy (non-hydrogen) atoms. The number of rotatable bonds is 8. The Labute approximate surface area is 190 Å². The number of nitrogens with one attached hydrogen (secondary N) is 2. The summed E-state index contributed by atoms with van der Waals surface area (Å²) < 4.78 is 21.4. The molecule has 11 nitrogen and oxygen atoms in total. The highest BCUT2D eigenvalue weighted by Crippen LogP contribution is 2.25. The number of nitrogens with zero attached hydrogens (tertiary/aromatic N) is 6. The molecule has 4 rings (SSSR count). The maximum atomic E-state index is 14.7. The first-order valence-electron chi connectivity index (χ1n) is 10.8. The summed E-state index contributed by atoms with van der Waals surface area (Å²) in [7, 11) is 0. The lowest BCUT2D eigenvalue weighted by Crippen LogP contribution is -2.36. The third kappa shape index (κ3) is 5.65. The van der Waals surface area contributed by atoms with Gasteiger partial charge in [0, 0.05) is 24.8 Å². The van der Waals surface area contributed by atoms with E-state index in [1.807, 2.05) is 19.9 Å². The number of aliphatic hydroxyl groups excluding tert-OH is 1. The van der Waals surface area contributed by atoms with Crippen molar-refractivity contribution in [1.29, 1.82) is 0 Å². The molecule has 3 aromatic rings. The van der Waals surface area contributed by atoms with E-state index in [1.54, 1.807) is 12.1 Å². The smallest absolute Gasteiger partial charge is 0.248 e. The SMILES string of the molecule is CC(C)C[C@H](O)Nc1cc(-n2nc(Nc3ccc(N4CCOCC4)cc3F)nc2N)ncn1. The molecule has 176 valence electrons. The normalized spacial score (nSPS) is 15.0. The number of anilines is 5. The van der Waals surface area contributed by atoms with Crippen LogP contribution in [0.3, 0.4) is 0 Å². The van der Waals surface area contributed by atoms with E-state index in [-0.39, 0.29) is 17.6 Å². The van der Waals surface area contributed by atoms with Crippen molar-refractivity contribution in [3.8, 4) is 5.82 Å². The van der Waals surface area contributed by atoms with Crippen LogP contribution in [-0.2, 0) is 4.74 Å². The lowest BCUT2D eigenvalue weighted by Gasteiger charge is -2.29. The van der Waals surface area contributed by atoms with Crippen molar-refractivity contribution in [2.75, 3.05) is 47.6 Å². The maximum Gasteiger partial charge on any atom is 0.248 e. The number of halogens is 1. The molecule has 0 saturated carbocycles. The van der Waals surface area contributed by atoms with Gasteiger partial charge in [-0.1, -0.05) is 13.8 Å². The Morgan fingerprint density at radius 2 is 2.00 bits per heavy atom. The number of aliphatic hydroxyl groups is 1. The monoisotopic (exact) mass is 457 g/mol. The van der Waals surface area contributed by atoms with E-state index in [9.17, 15) is 9.50 Å². The molecule has 1 atom stereocenters. The Morgan fingerprint density at radius 1 is 1.21 bits per heavy atom. The van der Waals surface area contributed by atoms with E-state index in [1.165, 1.54) is 17.1 Å². The predicted octanol–water partition coefficient (Wildman–Crippen LogP) is 2.14. The molecule has 5 N–H and O–H groups in total. The molecule has 0 bridgehead atoms. The molecule has 3 heterocycles. The van der Waals surface area contributed by atoms with Crippen LogP contribution in [0.15, 0.2) is 30.6 Å². The van der Waals surface area contributed by atoms with Crippen molar-refractivity contribution >= 4 is 29.1 Å². The van der Waals surface area contributed by atoms with Gasteiger partial charge in [-0.2, -0.15) is 9.67 Å². The van der Waals surface area contributed by atoms with Crippen LogP contribution in [0.1, 0.15) is 20.3 Å². The molecule has 1 aliphatic rings. The largest absolute Gasteiger partial charge is 0.378 e. The summed E-state index contributed by atoms with van der Waals surface area (Å²) in [4.78, 5) is 14.5. The zero-order valence-corrected chi connectivity index (χ0v) is 18.6. The number of hydrogen-bond acceptors (Lipinski definition) is 10. The van der Waals surface area contributed by atoms with Crippen LogP contribution in [-0.4, -0.2) is 62.4 Å². The number of nitrogens with two attached hydrogens (primary N) is 1. The minimum Gasteiger partial charge on any atom is -0.378 e. The number of aromatic nitrogens is 5. The van der Waals surface area contributed by atoms with Crippen LogP contribution < -0.4 is 21.3 Å². The Balaban J connectivity index is 1.48. The van der Waals surface area contributed by atoms with Crippen molar-refractivity contribution in [2.24, 2.45) is 5.92 Å². The molecule has 0 radical (unpaired) electrons. The summed E-state index contributed by atoms with van der Waals surface area (Å²) in [5.41, 5.74) is 7.03. The summed E-state index contributed by atoms with van der Waals surface area (Å²) in [6.07, 6.45) is 1.15. The Bertz CT molecular complexity index is 1090. The first-order valence-corrected chi connectivity index (χ1v) is 10.8. The van der Waals surface area contributed by atoms with E-state index in [4.69, 9.17) is 10.5 Å². The second-order valence-electron chi connectivity index (χ2n) is 8.15. The summed E-state index contributed by atoms with van der Waals surface area (Å²) in [6, 6.07) is 6.54. The second kappa shape index (κ2) is 9.96. The first kappa shape index (κ1) is 22.7. The molecular formula is C21H28FN9O2. The third-order valence-electron chi connectivity index (χ3n) is 5.09. The van der Waals surface area contributed by atoms with E-state index < -0.39 is 12.0 Å². The van der Waals surface area contributed by atoms with Crippen molar-refractivity contribution in [2.45, 2.75) is 26.5 Å². The van der Waals surface area contributed by atoms with Gasteiger partial charge in [0.1, 0.15) is 24.2 Å². The summed E-state index contributed by atoms with van der Waals surface area (Å²) in [5, 5.41) is 20.2. The van der Waals surface area contributed by atoms with Crippen LogP contribution in [0.5, 0.6) is 0 Å². The third-order valence-corrected chi connectivity index (χ3v) is 5.09. The average Bonchev–Trinajstić information content (AvgIpc) is 3.15. The van der Waals surface area contributed by atoms with Crippen molar-refractivity contribution < 1.29 is 14.2 Å². The fourth-order valence-corrected chi connectivity index (χ4v) is 3.51. The highest BCUT2D eigenvalue weighted by Gasteiger charge is 2.16. The number of morpholine rings is 1. The molecule has 0 spiro atoms. The standard InChI is InChI=1S/C21H28FN9O2/c1-13(2)9-19(32)27-17-11-18(25-12-24-17)31-20(23)28-21(29-31)26-16-4-3-14(10-15(16)22)30-5-7-33-8-6-30/h3-4,10-13,19,32H,5-9H2,1-2H3,(H,24,25,27)(H3,23,26,28,29)/t19-/m0/s1.